The normalized spacial score (nSPS) is 10.3. The highest BCUT2D eigenvalue weighted by Crippen LogP contribution is 2.38. The van der Waals surface area contributed by atoms with Crippen LogP contribution in [0.3, 0.4) is 0 Å². The fourth-order valence-electron chi connectivity index (χ4n) is 2.25. The van der Waals surface area contributed by atoms with Gasteiger partial charge in [-0.3, -0.25) is 4.79 Å². The Morgan fingerprint density at radius 3 is 2.20 bits per heavy atom. The first kappa shape index (κ1) is 18.9. The van der Waals surface area contributed by atoms with E-state index in [-0.39, 0.29) is 18.1 Å². The number of methoxy groups -OCH3 is 3. The second kappa shape index (κ2) is 8.58. The second-order valence-corrected chi connectivity index (χ2v) is 5.51. The number of benzene rings is 2. The monoisotopic (exact) mass is 368 g/mol. The van der Waals surface area contributed by atoms with Gasteiger partial charge in [0.2, 0.25) is 5.75 Å². The summed E-state index contributed by atoms with van der Waals surface area (Å²) in [5.74, 6) is 0.435. The van der Waals surface area contributed by atoms with Crippen LogP contribution >= 0.6 is 11.6 Å². The van der Waals surface area contributed by atoms with Crippen LogP contribution < -0.4 is 14.2 Å². The number of carbonyl (C=O) groups excluding carboxylic acids is 1. The molecule has 0 saturated carbocycles. The van der Waals surface area contributed by atoms with Crippen LogP contribution in [0.15, 0.2) is 30.3 Å². The summed E-state index contributed by atoms with van der Waals surface area (Å²) in [4.78, 5) is 12.1. The van der Waals surface area contributed by atoms with Crippen molar-refractivity contribution in [2.45, 2.75) is 13.0 Å². The van der Waals surface area contributed by atoms with E-state index >= 15 is 0 Å². The Hall–Kier alpha value is -2.47. The quantitative estimate of drug-likeness (QED) is 0.696. The third kappa shape index (κ3) is 4.76. The first-order valence-electron chi connectivity index (χ1n) is 7.37. The van der Waals surface area contributed by atoms with E-state index in [0.717, 1.165) is 0 Å². The van der Waals surface area contributed by atoms with Gasteiger partial charge in [-0.2, -0.15) is 0 Å². The molecule has 0 radical (unpaired) electrons. The summed E-state index contributed by atoms with van der Waals surface area (Å²) in [5.41, 5.74) is 1.17. The van der Waals surface area contributed by atoms with Gasteiger partial charge in [0, 0.05) is 5.56 Å². The average molecular weight is 369 g/mol. The van der Waals surface area contributed by atoms with Crippen LogP contribution in [0.2, 0.25) is 5.02 Å². The summed E-state index contributed by atoms with van der Waals surface area (Å²) in [6.45, 7) is -0.0393. The topological polar surface area (TPSA) is 54.0 Å². The molecule has 134 valence electrons. The molecule has 7 heteroatoms. The summed E-state index contributed by atoms with van der Waals surface area (Å²) >= 11 is 5.91. The lowest BCUT2D eigenvalue weighted by Gasteiger charge is -2.14. The van der Waals surface area contributed by atoms with Crippen LogP contribution in [0.4, 0.5) is 4.39 Å². The Morgan fingerprint density at radius 1 is 1.04 bits per heavy atom. The van der Waals surface area contributed by atoms with Gasteiger partial charge in [0.15, 0.2) is 11.5 Å². The Labute approximate surface area is 150 Å². The zero-order valence-corrected chi connectivity index (χ0v) is 14.9. The molecule has 25 heavy (non-hydrogen) atoms. The van der Waals surface area contributed by atoms with Crippen molar-refractivity contribution >= 4 is 17.6 Å². The van der Waals surface area contributed by atoms with E-state index in [1.807, 2.05) is 0 Å². The SMILES string of the molecule is COc1cc(CC(=O)OCc2ccc(F)cc2Cl)cc(OC)c1OC. The molecule has 0 atom stereocenters. The van der Waals surface area contributed by atoms with Gasteiger partial charge in [-0.25, -0.2) is 4.39 Å². The van der Waals surface area contributed by atoms with Crippen molar-refractivity contribution in [2.75, 3.05) is 21.3 Å². The highest BCUT2D eigenvalue weighted by Gasteiger charge is 2.15. The molecule has 0 aliphatic rings. The van der Waals surface area contributed by atoms with Gasteiger partial charge in [0.1, 0.15) is 12.4 Å². The van der Waals surface area contributed by atoms with E-state index in [9.17, 15) is 9.18 Å². The van der Waals surface area contributed by atoms with E-state index in [2.05, 4.69) is 0 Å². The Kier molecular flexibility index (Phi) is 6.47. The predicted octanol–water partition coefficient (Wildman–Crippen LogP) is 3.79. The molecule has 0 spiro atoms. The maximum Gasteiger partial charge on any atom is 0.310 e. The lowest BCUT2D eigenvalue weighted by Crippen LogP contribution is -2.09. The average Bonchev–Trinajstić information content (AvgIpc) is 2.60. The van der Waals surface area contributed by atoms with Gasteiger partial charge in [-0.15, -0.1) is 0 Å². The molecule has 0 aliphatic carbocycles. The number of halogens is 2. The van der Waals surface area contributed by atoms with Crippen LogP contribution in [-0.2, 0) is 22.6 Å². The van der Waals surface area contributed by atoms with Gasteiger partial charge < -0.3 is 18.9 Å². The second-order valence-electron chi connectivity index (χ2n) is 5.11. The molecule has 2 rings (SSSR count). The van der Waals surface area contributed by atoms with E-state index in [1.165, 1.54) is 39.5 Å². The molecule has 0 aliphatic heterocycles. The summed E-state index contributed by atoms with van der Waals surface area (Å²) in [6, 6.07) is 7.25. The fourth-order valence-corrected chi connectivity index (χ4v) is 2.47. The summed E-state index contributed by atoms with van der Waals surface area (Å²) in [6.07, 6.45) is 0.00945. The molecule has 2 aromatic carbocycles. The highest BCUT2D eigenvalue weighted by atomic mass is 35.5. The van der Waals surface area contributed by atoms with Gasteiger partial charge >= 0.3 is 5.97 Å². The standard InChI is InChI=1S/C18H18ClFO5/c1-22-15-6-11(7-16(23-2)18(15)24-3)8-17(21)25-10-12-4-5-13(20)9-14(12)19/h4-7,9H,8,10H2,1-3H3. The van der Waals surface area contributed by atoms with Crippen molar-refractivity contribution in [2.24, 2.45) is 0 Å². The van der Waals surface area contributed by atoms with E-state index in [0.29, 0.717) is 28.4 Å². The number of rotatable bonds is 7. The summed E-state index contributed by atoms with van der Waals surface area (Å²) < 4.78 is 33.9. The zero-order valence-electron chi connectivity index (χ0n) is 14.1. The molecule has 0 N–H and O–H groups in total. The Balaban J connectivity index is 2.07. The van der Waals surface area contributed by atoms with E-state index < -0.39 is 11.8 Å². The molecule has 0 aromatic heterocycles. The third-order valence-corrected chi connectivity index (χ3v) is 3.83. The van der Waals surface area contributed by atoms with Crippen LogP contribution in [0.1, 0.15) is 11.1 Å². The van der Waals surface area contributed by atoms with Crippen LogP contribution in [0.25, 0.3) is 0 Å². The van der Waals surface area contributed by atoms with Crippen LogP contribution in [0.5, 0.6) is 17.2 Å². The molecular weight excluding hydrogens is 351 g/mol. The van der Waals surface area contributed by atoms with Crippen molar-refractivity contribution in [3.63, 3.8) is 0 Å². The Bertz CT molecular complexity index is 738. The molecule has 0 bridgehead atoms. The smallest absolute Gasteiger partial charge is 0.310 e. The van der Waals surface area contributed by atoms with E-state index in [1.54, 1.807) is 12.1 Å². The minimum atomic E-state index is -0.463. The zero-order chi connectivity index (χ0) is 18.4. The maximum atomic E-state index is 13.0. The number of esters is 1. The first-order chi connectivity index (χ1) is 12.0. The molecule has 0 unspecified atom stereocenters. The molecule has 2 aromatic rings. The molecule has 0 saturated heterocycles. The fraction of sp³-hybridized carbons (Fsp3) is 0.278. The van der Waals surface area contributed by atoms with Gasteiger partial charge in [0.05, 0.1) is 32.8 Å². The molecule has 0 fully saturated rings. The highest BCUT2D eigenvalue weighted by molar-refractivity contribution is 6.31. The summed E-state index contributed by atoms with van der Waals surface area (Å²) in [7, 11) is 4.49. The lowest BCUT2D eigenvalue weighted by atomic mass is 10.1. The molecule has 0 amide bonds. The van der Waals surface area contributed by atoms with Gasteiger partial charge in [0.25, 0.3) is 0 Å². The maximum absolute atomic E-state index is 13.0. The van der Waals surface area contributed by atoms with E-state index in [4.69, 9.17) is 30.5 Å². The van der Waals surface area contributed by atoms with Gasteiger partial charge in [-0.05, 0) is 29.8 Å². The minimum Gasteiger partial charge on any atom is -0.493 e. The third-order valence-electron chi connectivity index (χ3n) is 3.48. The largest absolute Gasteiger partial charge is 0.493 e. The van der Waals surface area contributed by atoms with Crippen molar-refractivity contribution < 1.29 is 28.1 Å². The lowest BCUT2D eigenvalue weighted by molar-refractivity contribution is -0.144. The summed E-state index contributed by atoms with van der Waals surface area (Å²) in [5, 5.41) is 0.209. The number of carbonyl (C=O) groups is 1. The van der Waals surface area contributed by atoms with Gasteiger partial charge in [-0.1, -0.05) is 17.7 Å². The van der Waals surface area contributed by atoms with Crippen molar-refractivity contribution in [3.05, 3.63) is 52.3 Å². The number of ether oxygens (including phenoxy) is 4. The number of hydrogen-bond donors (Lipinski definition) is 0. The van der Waals surface area contributed by atoms with Crippen LogP contribution in [0, 0.1) is 5.82 Å². The first-order valence-corrected chi connectivity index (χ1v) is 7.74. The Morgan fingerprint density at radius 2 is 1.68 bits per heavy atom. The predicted molar refractivity (Wildman–Crippen MR) is 91.0 cm³/mol. The molecule has 5 nitrogen and oxygen atoms in total. The minimum absolute atomic E-state index is 0.00945. The molecule has 0 heterocycles. The van der Waals surface area contributed by atoms with Crippen molar-refractivity contribution in [3.8, 4) is 17.2 Å². The van der Waals surface area contributed by atoms with Crippen LogP contribution in [-0.4, -0.2) is 27.3 Å². The molecular formula is C18H18ClFO5. The number of hydrogen-bond acceptors (Lipinski definition) is 5. The van der Waals surface area contributed by atoms with Crippen molar-refractivity contribution in [1.82, 2.24) is 0 Å². The van der Waals surface area contributed by atoms with Crippen molar-refractivity contribution in [1.29, 1.82) is 0 Å².